The second kappa shape index (κ2) is 5.76. The van der Waals surface area contributed by atoms with Gasteiger partial charge in [-0.2, -0.15) is 0 Å². The molecule has 0 N–H and O–H groups in total. The minimum absolute atomic E-state index is 0.128. The summed E-state index contributed by atoms with van der Waals surface area (Å²) in [6.07, 6.45) is 6.69. The number of hydrogen-bond donors (Lipinski definition) is 0. The summed E-state index contributed by atoms with van der Waals surface area (Å²) < 4.78 is 13.5. The largest absolute Gasteiger partial charge is 0.294 e. The van der Waals surface area contributed by atoms with Crippen molar-refractivity contribution in [1.29, 1.82) is 0 Å². The van der Waals surface area contributed by atoms with Crippen LogP contribution in [0, 0.1) is 11.7 Å². The zero-order valence-electron chi connectivity index (χ0n) is 9.72. The third-order valence-corrected chi connectivity index (χ3v) is 4.09. The molecule has 1 aliphatic rings. The minimum Gasteiger partial charge on any atom is -0.294 e. The third-order valence-electron chi connectivity index (χ3n) is 3.43. The molecule has 0 amide bonds. The van der Waals surface area contributed by atoms with Crippen LogP contribution in [0.25, 0.3) is 0 Å². The maximum Gasteiger partial charge on any atom is 0.164 e. The molecule has 17 heavy (non-hydrogen) atoms. The Bertz CT molecular complexity index is 411. The first-order valence-electron chi connectivity index (χ1n) is 6.15. The van der Waals surface area contributed by atoms with Gasteiger partial charge in [0.05, 0.1) is 0 Å². The summed E-state index contributed by atoms with van der Waals surface area (Å²) in [6.45, 7) is 0. The predicted octanol–water partition coefficient (Wildman–Crippen LogP) is 4.74. The second-order valence-electron chi connectivity index (χ2n) is 4.76. The fourth-order valence-electron chi connectivity index (χ4n) is 2.48. The molecule has 0 heterocycles. The number of halogens is 2. The topological polar surface area (TPSA) is 17.1 Å². The van der Waals surface area contributed by atoms with Crippen molar-refractivity contribution in [2.24, 2.45) is 5.92 Å². The van der Waals surface area contributed by atoms with Crippen molar-refractivity contribution < 1.29 is 9.18 Å². The van der Waals surface area contributed by atoms with Crippen LogP contribution in [0.4, 0.5) is 4.39 Å². The summed E-state index contributed by atoms with van der Waals surface area (Å²) in [7, 11) is 0. The minimum atomic E-state index is -0.314. The van der Waals surface area contributed by atoms with Gasteiger partial charge in [0.2, 0.25) is 0 Å². The van der Waals surface area contributed by atoms with E-state index in [4.69, 9.17) is 0 Å². The van der Waals surface area contributed by atoms with Crippen LogP contribution >= 0.6 is 15.9 Å². The van der Waals surface area contributed by atoms with Crippen LogP contribution in [0.5, 0.6) is 0 Å². The van der Waals surface area contributed by atoms with Gasteiger partial charge in [-0.3, -0.25) is 4.79 Å². The van der Waals surface area contributed by atoms with Gasteiger partial charge in [0.15, 0.2) is 5.78 Å². The zero-order chi connectivity index (χ0) is 12.3. The van der Waals surface area contributed by atoms with E-state index < -0.39 is 0 Å². The normalized spacial score (nSPS) is 17.1. The van der Waals surface area contributed by atoms with Crippen molar-refractivity contribution in [3.8, 4) is 0 Å². The van der Waals surface area contributed by atoms with Crippen LogP contribution in [-0.2, 0) is 0 Å². The standard InChI is InChI=1S/C14H16BrFO/c15-13-9-11(16)6-7-12(13)14(17)8-10-4-2-1-3-5-10/h6-7,9-10H,1-5,8H2. The number of carbonyl (C=O) groups is 1. The van der Waals surface area contributed by atoms with Crippen LogP contribution in [0.3, 0.4) is 0 Å². The lowest BCUT2D eigenvalue weighted by Gasteiger charge is -2.20. The van der Waals surface area contributed by atoms with Gasteiger partial charge < -0.3 is 0 Å². The van der Waals surface area contributed by atoms with Gasteiger partial charge in [0.25, 0.3) is 0 Å². The molecule has 2 rings (SSSR count). The molecule has 92 valence electrons. The van der Waals surface area contributed by atoms with Gasteiger partial charge in [-0.15, -0.1) is 0 Å². The highest BCUT2D eigenvalue weighted by Crippen LogP contribution is 2.29. The molecule has 0 atom stereocenters. The molecular formula is C14H16BrFO. The summed E-state index contributed by atoms with van der Waals surface area (Å²) in [4.78, 5) is 12.1. The summed E-state index contributed by atoms with van der Waals surface area (Å²) >= 11 is 3.25. The fourth-order valence-corrected chi connectivity index (χ4v) is 3.05. The molecule has 1 aromatic carbocycles. The SMILES string of the molecule is O=C(CC1CCCCC1)c1ccc(F)cc1Br. The molecule has 0 radical (unpaired) electrons. The van der Waals surface area contributed by atoms with Crippen molar-refractivity contribution in [2.75, 3.05) is 0 Å². The lowest BCUT2D eigenvalue weighted by atomic mass is 9.85. The van der Waals surface area contributed by atoms with E-state index in [0.717, 1.165) is 12.8 Å². The lowest BCUT2D eigenvalue weighted by Crippen LogP contribution is -2.12. The number of hydrogen-bond acceptors (Lipinski definition) is 1. The monoisotopic (exact) mass is 298 g/mol. The molecule has 1 aromatic rings. The van der Waals surface area contributed by atoms with Gasteiger partial charge in [0, 0.05) is 16.5 Å². The van der Waals surface area contributed by atoms with E-state index >= 15 is 0 Å². The molecule has 0 unspecified atom stereocenters. The van der Waals surface area contributed by atoms with E-state index in [0.29, 0.717) is 22.4 Å². The summed E-state index contributed by atoms with van der Waals surface area (Å²) in [5.74, 6) is 0.336. The molecule has 3 heteroatoms. The van der Waals surface area contributed by atoms with Crippen LogP contribution in [0.2, 0.25) is 0 Å². The van der Waals surface area contributed by atoms with Crippen LogP contribution < -0.4 is 0 Å². The third kappa shape index (κ3) is 3.38. The van der Waals surface area contributed by atoms with Crippen LogP contribution in [-0.4, -0.2) is 5.78 Å². The highest BCUT2D eigenvalue weighted by Gasteiger charge is 2.19. The van der Waals surface area contributed by atoms with Crippen molar-refractivity contribution in [3.63, 3.8) is 0 Å². The average Bonchev–Trinajstić information content (AvgIpc) is 2.30. The highest BCUT2D eigenvalue weighted by molar-refractivity contribution is 9.10. The Morgan fingerprint density at radius 2 is 2.00 bits per heavy atom. The highest BCUT2D eigenvalue weighted by atomic mass is 79.9. The van der Waals surface area contributed by atoms with E-state index in [1.807, 2.05) is 0 Å². The molecule has 1 aliphatic carbocycles. The first-order chi connectivity index (χ1) is 8.16. The Morgan fingerprint density at radius 1 is 1.29 bits per heavy atom. The molecule has 0 spiro atoms. The number of ketones is 1. The second-order valence-corrected chi connectivity index (χ2v) is 5.61. The molecule has 1 nitrogen and oxygen atoms in total. The summed E-state index contributed by atoms with van der Waals surface area (Å²) in [5, 5.41) is 0. The van der Waals surface area contributed by atoms with E-state index in [2.05, 4.69) is 15.9 Å². The Kier molecular flexibility index (Phi) is 4.32. The van der Waals surface area contributed by atoms with E-state index in [-0.39, 0.29) is 11.6 Å². The molecule has 0 bridgehead atoms. The first-order valence-corrected chi connectivity index (χ1v) is 6.94. The van der Waals surface area contributed by atoms with E-state index in [9.17, 15) is 9.18 Å². The van der Waals surface area contributed by atoms with Crippen molar-refractivity contribution in [3.05, 3.63) is 34.1 Å². The Morgan fingerprint density at radius 3 is 2.65 bits per heavy atom. The van der Waals surface area contributed by atoms with Gasteiger partial charge in [-0.1, -0.05) is 32.1 Å². The van der Waals surface area contributed by atoms with Gasteiger partial charge in [0.1, 0.15) is 5.82 Å². The smallest absolute Gasteiger partial charge is 0.164 e. The van der Waals surface area contributed by atoms with Crippen LogP contribution in [0.1, 0.15) is 48.9 Å². The Balaban J connectivity index is 2.03. The molecule has 1 fully saturated rings. The quantitative estimate of drug-likeness (QED) is 0.737. The number of rotatable bonds is 3. The number of Topliss-reactive ketones (excluding diaryl/α,β-unsaturated/α-hetero) is 1. The lowest BCUT2D eigenvalue weighted by molar-refractivity contribution is 0.0949. The van der Waals surface area contributed by atoms with Gasteiger partial charge in [-0.05, 0) is 40.0 Å². The first kappa shape index (κ1) is 12.7. The summed E-state index contributed by atoms with van der Waals surface area (Å²) in [5.41, 5.74) is 0.608. The molecule has 1 saturated carbocycles. The maximum absolute atomic E-state index is 12.9. The maximum atomic E-state index is 12.9. The van der Waals surface area contributed by atoms with Crippen molar-refractivity contribution in [2.45, 2.75) is 38.5 Å². The predicted molar refractivity (Wildman–Crippen MR) is 69.6 cm³/mol. The Labute approximate surface area is 110 Å². The van der Waals surface area contributed by atoms with Crippen molar-refractivity contribution >= 4 is 21.7 Å². The number of benzene rings is 1. The average molecular weight is 299 g/mol. The fraction of sp³-hybridized carbons (Fsp3) is 0.500. The zero-order valence-corrected chi connectivity index (χ0v) is 11.3. The molecular weight excluding hydrogens is 283 g/mol. The van der Waals surface area contributed by atoms with Crippen LogP contribution in [0.15, 0.2) is 22.7 Å². The summed E-state index contributed by atoms with van der Waals surface area (Å²) in [6, 6.07) is 4.28. The molecule has 0 saturated heterocycles. The molecule has 0 aromatic heterocycles. The Hall–Kier alpha value is -0.700. The van der Waals surface area contributed by atoms with Gasteiger partial charge >= 0.3 is 0 Å². The molecule has 0 aliphatic heterocycles. The van der Waals surface area contributed by atoms with E-state index in [1.165, 1.54) is 31.4 Å². The number of carbonyl (C=O) groups excluding carboxylic acids is 1. The van der Waals surface area contributed by atoms with Crippen molar-refractivity contribution in [1.82, 2.24) is 0 Å². The van der Waals surface area contributed by atoms with E-state index in [1.54, 1.807) is 6.07 Å². The van der Waals surface area contributed by atoms with Gasteiger partial charge in [-0.25, -0.2) is 4.39 Å².